The molecule has 1 atom stereocenters. The molecule has 0 bridgehead atoms. The highest BCUT2D eigenvalue weighted by molar-refractivity contribution is 5.94. The molecule has 6 nitrogen and oxygen atoms in total. The maximum Gasteiger partial charge on any atom is 0.305 e. The third kappa shape index (κ3) is 3.12. The first-order valence-electron chi connectivity index (χ1n) is 6.67. The molecule has 0 radical (unpaired) electrons. The number of Topliss-reactive ketones (excluding diaryl/α,β-unsaturated/α-hetero) is 1. The number of ketones is 1. The van der Waals surface area contributed by atoms with E-state index in [1.165, 1.54) is 14.0 Å². The number of ether oxygens (including phenoxy) is 1. The number of carbonyl (C=O) groups excluding carboxylic acids is 2. The molecule has 1 aliphatic heterocycles. The van der Waals surface area contributed by atoms with Gasteiger partial charge in [0, 0.05) is 19.3 Å². The van der Waals surface area contributed by atoms with Crippen LogP contribution in [0.15, 0.2) is 6.20 Å². The zero-order valence-electron chi connectivity index (χ0n) is 12.0. The van der Waals surface area contributed by atoms with Gasteiger partial charge < -0.3 is 9.64 Å². The number of rotatable bonds is 4. The van der Waals surface area contributed by atoms with Gasteiger partial charge >= 0.3 is 5.97 Å². The van der Waals surface area contributed by atoms with Gasteiger partial charge in [-0.15, -0.1) is 0 Å². The fourth-order valence-electron chi connectivity index (χ4n) is 2.45. The van der Waals surface area contributed by atoms with Gasteiger partial charge in [0.05, 0.1) is 24.8 Å². The first-order chi connectivity index (χ1) is 9.51. The number of hydrogen-bond donors (Lipinski definition) is 0. The number of nitrogens with zero attached hydrogens (tertiary/aromatic N) is 3. The second kappa shape index (κ2) is 5.98. The van der Waals surface area contributed by atoms with E-state index in [4.69, 9.17) is 0 Å². The van der Waals surface area contributed by atoms with Gasteiger partial charge in [-0.2, -0.15) is 0 Å². The standard InChI is InChI=1S/C14H19N3O3/c1-9-12(10(2)18)7-15-14(16-9)17-5-4-11(8-17)6-13(19)20-3/h7,11H,4-6,8H2,1-3H3/t11-/m1/s1. The van der Waals surface area contributed by atoms with Crippen LogP contribution < -0.4 is 4.90 Å². The zero-order valence-corrected chi connectivity index (χ0v) is 12.0. The molecule has 108 valence electrons. The fourth-order valence-corrected chi connectivity index (χ4v) is 2.45. The normalized spacial score (nSPS) is 18.1. The van der Waals surface area contributed by atoms with E-state index in [9.17, 15) is 9.59 Å². The highest BCUT2D eigenvalue weighted by Crippen LogP contribution is 2.24. The molecule has 0 amide bonds. The predicted molar refractivity (Wildman–Crippen MR) is 73.7 cm³/mol. The van der Waals surface area contributed by atoms with Crippen molar-refractivity contribution in [1.29, 1.82) is 0 Å². The Bertz CT molecular complexity index is 530. The van der Waals surface area contributed by atoms with Crippen LogP contribution in [0.1, 0.15) is 35.8 Å². The van der Waals surface area contributed by atoms with Gasteiger partial charge in [0.2, 0.25) is 5.95 Å². The van der Waals surface area contributed by atoms with Crippen LogP contribution in [-0.4, -0.2) is 41.9 Å². The SMILES string of the molecule is COC(=O)C[C@H]1CCN(c2ncc(C(C)=O)c(C)n2)C1. The first-order valence-corrected chi connectivity index (χ1v) is 6.67. The minimum absolute atomic E-state index is 0.0287. The average Bonchev–Trinajstić information content (AvgIpc) is 2.86. The summed E-state index contributed by atoms with van der Waals surface area (Å²) in [5.74, 6) is 0.693. The molecule has 0 unspecified atom stereocenters. The van der Waals surface area contributed by atoms with Gasteiger partial charge in [0.1, 0.15) is 0 Å². The van der Waals surface area contributed by atoms with Crippen molar-refractivity contribution in [3.63, 3.8) is 0 Å². The van der Waals surface area contributed by atoms with Crippen molar-refractivity contribution in [3.8, 4) is 0 Å². The molecule has 0 N–H and O–H groups in total. The Morgan fingerprint density at radius 1 is 1.50 bits per heavy atom. The summed E-state index contributed by atoms with van der Waals surface area (Å²) in [7, 11) is 1.40. The first kappa shape index (κ1) is 14.4. The Hall–Kier alpha value is -1.98. The van der Waals surface area contributed by atoms with Crippen LogP contribution in [0.4, 0.5) is 5.95 Å². The summed E-state index contributed by atoms with van der Waals surface area (Å²) in [6.45, 7) is 4.88. The smallest absolute Gasteiger partial charge is 0.305 e. The van der Waals surface area contributed by atoms with Crippen molar-refractivity contribution < 1.29 is 14.3 Å². The monoisotopic (exact) mass is 277 g/mol. The zero-order chi connectivity index (χ0) is 14.7. The summed E-state index contributed by atoms with van der Waals surface area (Å²) in [5.41, 5.74) is 1.25. The lowest BCUT2D eigenvalue weighted by Crippen LogP contribution is -2.23. The fraction of sp³-hybridized carbons (Fsp3) is 0.571. The molecule has 1 aromatic heterocycles. The lowest BCUT2D eigenvalue weighted by molar-refractivity contribution is -0.141. The summed E-state index contributed by atoms with van der Waals surface area (Å²) in [6.07, 6.45) is 2.93. The second-order valence-electron chi connectivity index (χ2n) is 5.11. The van der Waals surface area contributed by atoms with E-state index in [0.717, 1.165) is 19.5 Å². The van der Waals surface area contributed by atoms with E-state index in [1.54, 1.807) is 6.20 Å². The molecule has 1 saturated heterocycles. The topological polar surface area (TPSA) is 72.4 Å². The van der Waals surface area contributed by atoms with Gasteiger partial charge in [0.15, 0.2) is 5.78 Å². The number of anilines is 1. The van der Waals surface area contributed by atoms with Gasteiger partial charge in [-0.05, 0) is 26.2 Å². The van der Waals surface area contributed by atoms with Crippen molar-refractivity contribution in [3.05, 3.63) is 17.5 Å². The van der Waals surface area contributed by atoms with E-state index < -0.39 is 0 Å². The third-order valence-electron chi connectivity index (χ3n) is 3.60. The highest BCUT2D eigenvalue weighted by atomic mass is 16.5. The van der Waals surface area contributed by atoms with E-state index in [1.807, 2.05) is 11.8 Å². The van der Waals surface area contributed by atoms with Crippen LogP contribution in [0.25, 0.3) is 0 Å². The molecule has 0 aliphatic carbocycles. The van der Waals surface area contributed by atoms with Crippen LogP contribution in [0.2, 0.25) is 0 Å². The molecule has 0 aromatic carbocycles. The van der Waals surface area contributed by atoms with Crippen molar-refractivity contribution >= 4 is 17.7 Å². The Balaban J connectivity index is 2.05. The minimum Gasteiger partial charge on any atom is -0.469 e. The molecule has 0 spiro atoms. The molecule has 1 aromatic rings. The lowest BCUT2D eigenvalue weighted by Gasteiger charge is -2.17. The molecule has 6 heteroatoms. The minimum atomic E-state index is -0.180. The largest absolute Gasteiger partial charge is 0.469 e. The number of esters is 1. The van der Waals surface area contributed by atoms with E-state index in [0.29, 0.717) is 23.6 Å². The summed E-state index contributed by atoms with van der Waals surface area (Å²) < 4.78 is 4.69. The number of aromatic nitrogens is 2. The Kier molecular flexibility index (Phi) is 4.32. The maximum absolute atomic E-state index is 11.4. The number of carbonyl (C=O) groups is 2. The summed E-state index contributed by atoms with van der Waals surface area (Å²) in [4.78, 5) is 33.3. The molecule has 1 aliphatic rings. The molecular formula is C14H19N3O3. The Labute approximate surface area is 118 Å². The lowest BCUT2D eigenvalue weighted by atomic mass is 10.1. The quantitative estimate of drug-likeness (QED) is 0.611. The molecule has 0 saturated carbocycles. The van der Waals surface area contributed by atoms with Gasteiger partial charge in [-0.3, -0.25) is 9.59 Å². The van der Waals surface area contributed by atoms with E-state index >= 15 is 0 Å². The number of aryl methyl sites for hydroxylation is 1. The molecule has 1 fully saturated rings. The third-order valence-corrected chi connectivity index (χ3v) is 3.60. The Morgan fingerprint density at radius 3 is 2.85 bits per heavy atom. The summed E-state index contributed by atoms with van der Waals surface area (Å²) in [5, 5.41) is 0. The molecule has 20 heavy (non-hydrogen) atoms. The van der Waals surface area contributed by atoms with Crippen LogP contribution in [0.5, 0.6) is 0 Å². The second-order valence-corrected chi connectivity index (χ2v) is 5.11. The van der Waals surface area contributed by atoms with Crippen molar-refractivity contribution in [2.75, 3.05) is 25.1 Å². The van der Waals surface area contributed by atoms with E-state index in [2.05, 4.69) is 14.7 Å². The molecule has 2 heterocycles. The summed E-state index contributed by atoms with van der Waals surface area (Å²) in [6, 6.07) is 0. The van der Waals surface area contributed by atoms with Crippen LogP contribution in [0.3, 0.4) is 0 Å². The molecule has 2 rings (SSSR count). The maximum atomic E-state index is 11.4. The Morgan fingerprint density at radius 2 is 2.25 bits per heavy atom. The summed E-state index contributed by atoms with van der Waals surface area (Å²) >= 11 is 0. The molecular weight excluding hydrogens is 258 g/mol. The number of hydrogen-bond acceptors (Lipinski definition) is 6. The van der Waals surface area contributed by atoms with Gasteiger partial charge in [-0.1, -0.05) is 0 Å². The van der Waals surface area contributed by atoms with Crippen LogP contribution in [-0.2, 0) is 9.53 Å². The highest BCUT2D eigenvalue weighted by Gasteiger charge is 2.26. The van der Waals surface area contributed by atoms with Crippen molar-refractivity contribution in [1.82, 2.24) is 9.97 Å². The predicted octanol–water partition coefficient (Wildman–Crippen LogP) is 1.38. The van der Waals surface area contributed by atoms with Crippen molar-refractivity contribution in [2.45, 2.75) is 26.7 Å². The van der Waals surface area contributed by atoms with Crippen LogP contribution in [0, 0.1) is 12.8 Å². The average molecular weight is 277 g/mol. The number of methoxy groups -OCH3 is 1. The van der Waals surface area contributed by atoms with E-state index in [-0.39, 0.29) is 17.7 Å². The van der Waals surface area contributed by atoms with Crippen molar-refractivity contribution in [2.24, 2.45) is 5.92 Å². The van der Waals surface area contributed by atoms with Crippen LogP contribution >= 0.6 is 0 Å². The van der Waals surface area contributed by atoms with Gasteiger partial charge in [0.25, 0.3) is 0 Å². The van der Waals surface area contributed by atoms with Gasteiger partial charge in [-0.25, -0.2) is 9.97 Å².